The van der Waals surface area contributed by atoms with Crippen molar-refractivity contribution < 1.29 is 4.79 Å². The predicted octanol–water partition coefficient (Wildman–Crippen LogP) is 1.86. The molecular formula is C10H19NOS. The molecule has 1 N–H and O–H groups in total. The Balaban J connectivity index is 3.15. The molecule has 76 valence electrons. The van der Waals surface area contributed by atoms with Crippen LogP contribution < -0.4 is 5.32 Å². The van der Waals surface area contributed by atoms with Crippen LogP contribution >= 0.6 is 11.8 Å². The van der Waals surface area contributed by atoms with Crippen molar-refractivity contribution in [2.45, 2.75) is 20.3 Å². The summed E-state index contributed by atoms with van der Waals surface area (Å²) in [7, 11) is 0. The highest BCUT2D eigenvalue weighted by atomic mass is 32.2. The van der Waals surface area contributed by atoms with Gasteiger partial charge < -0.3 is 5.32 Å². The van der Waals surface area contributed by atoms with Gasteiger partial charge in [0.1, 0.15) is 0 Å². The largest absolute Gasteiger partial charge is 0.312 e. The molecule has 0 atom stereocenters. The van der Waals surface area contributed by atoms with Gasteiger partial charge >= 0.3 is 0 Å². The first-order valence-electron chi connectivity index (χ1n) is 4.79. The highest BCUT2D eigenvalue weighted by Crippen LogP contribution is 1.94. The lowest BCUT2D eigenvalue weighted by Crippen LogP contribution is -2.17. The molecule has 0 amide bonds. The lowest BCUT2D eigenvalue weighted by Gasteiger charge is -1.99. The molecule has 0 heterocycles. The Morgan fingerprint density at radius 3 is 2.85 bits per heavy atom. The highest BCUT2D eigenvalue weighted by Gasteiger charge is 1.88. The molecule has 0 aliphatic carbocycles. The maximum Gasteiger partial charge on any atom is 0.155 e. The maximum absolute atomic E-state index is 10.8. The second-order valence-electron chi connectivity index (χ2n) is 2.62. The number of thioether (sulfide) groups is 1. The molecule has 0 aromatic rings. The van der Waals surface area contributed by atoms with Crippen molar-refractivity contribution in [3.8, 4) is 0 Å². The van der Waals surface area contributed by atoms with E-state index in [4.69, 9.17) is 0 Å². The summed E-state index contributed by atoms with van der Waals surface area (Å²) in [6.07, 6.45) is 4.14. The first-order valence-corrected chi connectivity index (χ1v) is 5.94. The van der Waals surface area contributed by atoms with Gasteiger partial charge in [-0.05, 0) is 11.8 Å². The van der Waals surface area contributed by atoms with Crippen LogP contribution in [0.2, 0.25) is 0 Å². The molecule has 0 spiro atoms. The van der Waals surface area contributed by atoms with E-state index in [0.29, 0.717) is 6.42 Å². The summed E-state index contributed by atoms with van der Waals surface area (Å²) in [6, 6.07) is 0. The van der Waals surface area contributed by atoms with E-state index >= 15 is 0 Å². The van der Waals surface area contributed by atoms with Crippen molar-refractivity contribution in [3.63, 3.8) is 0 Å². The molecule has 0 rings (SSSR count). The molecule has 13 heavy (non-hydrogen) atoms. The Bertz CT molecular complexity index is 157. The number of carbonyl (C=O) groups is 1. The van der Waals surface area contributed by atoms with E-state index in [1.54, 1.807) is 6.08 Å². The van der Waals surface area contributed by atoms with Gasteiger partial charge in [0.2, 0.25) is 0 Å². The van der Waals surface area contributed by atoms with Gasteiger partial charge in [0.15, 0.2) is 5.78 Å². The summed E-state index contributed by atoms with van der Waals surface area (Å²) in [5, 5.41) is 3.24. The van der Waals surface area contributed by atoms with Gasteiger partial charge in [-0.15, -0.1) is 0 Å². The molecule has 3 heteroatoms. The minimum Gasteiger partial charge on any atom is -0.312 e. The third-order valence-electron chi connectivity index (χ3n) is 1.54. The Morgan fingerprint density at radius 1 is 1.46 bits per heavy atom. The smallest absolute Gasteiger partial charge is 0.155 e. The van der Waals surface area contributed by atoms with Gasteiger partial charge in [-0.1, -0.05) is 19.9 Å². The summed E-state index contributed by atoms with van der Waals surface area (Å²) in [5.74, 6) is 2.52. The lowest BCUT2D eigenvalue weighted by molar-refractivity contribution is -0.114. The Hall–Kier alpha value is -0.280. The topological polar surface area (TPSA) is 29.1 Å². The molecule has 2 nitrogen and oxygen atoms in total. The first kappa shape index (κ1) is 12.7. The van der Waals surface area contributed by atoms with Crippen LogP contribution in [0.4, 0.5) is 0 Å². The molecular weight excluding hydrogens is 182 g/mol. The highest BCUT2D eigenvalue weighted by molar-refractivity contribution is 7.99. The van der Waals surface area contributed by atoms with Crippen LogP contribution in [0.15, 0.2) is 12.2 Å². The fraction of sp³-hybridized carbons (Fsp3) is 0.700. The number of hydrogen-bond donors (Lipinski definition) is 1. The number of carbonyl (C=O) groups excluding carboxylic acids is 1. The molecule has 0 aromatic heterocycles. The Morgan fingerprint density at radius 2 is 2.23 bits per heavy atom. The van der Waals surface area contributed by atoms with Crippen molar-refractivity contribution in [2.75, 3.05) is 24.6 Å². The van der Waals surface area contributed by atoms with E-state index < -0.39 is 0 Å². The van der Waals surface area contributed by atoms with E-state index in [2.05, 4.69) is 12.2 Å². The third-order valence-corrected chi connectivity index (χ3v) is 2.44. The van der Waals surface area contributed by atoms with Crippen molar-refractivity contribution in [2.24, 2.45) is 0 Å². The fourth-order valence-electron chi connectivity index (χ4n) is 0.782. The fourth-order valence-corrected chi connectivity index (χ4v) is 1.36. The standard InChI is InChI=1S/C10H19NOS/c1-3-10(12)6-5-7-11-8-9-13-4-2/h5-6,11H,3-4,7-9H2,1-2H3/b6-5+. The van der Waals surface area contributed by atoms with Gasteiger partial charge in [0.25, 0.3) is 0 Å². The number of allylic oxidation sites excluding steroid dienone is 1. The van der Waals surface area contributed by atoms with Crippen LogP contribution in [0.25, 0.3) is 0 Å². The summed E-state index contributed by atoms with van der Waals surface area (Å²) in [5.41, 5.74) is 0. The van der Waals surface area contributed by atoms with Crippen molar-refractivity contribution in [1.82, 2.24) is 5.32 Å². The lowest BCUT2D eigenvalue weighted by atomic mass is 10.3. The van der Waals surface area contributed by atoms with Gasteiger partial charge in [0.05, 0.1) is 0 Å². The average Bonchev–Trinajstić information content (AvgIpc) is 2.16. The molecule has 0 fully saturated rings. The van der Waals surface area contributed by atoms with E-state index in [0.717, 1.165) is 18.8 Å². The zero-order chi connectivity index (χ0) is 9.94. The van der Waals surface area contributed by atoms with Crippen LogP contribution in [0.1, 0.15) is 20.3 Å². The number of rotatable bonds is 8. The van der Waals surface area contributed by atoms with Gasteiger partial charge in [-0.3, -0.25) is 4.79 Å². The summed E-state index contributed by atoms with van der Waals surface area (Å²) >= 11 is 1.92. The molecule has 0 unspecified atom stereocenters. The van der Waals surface area contributed by atoms with E-state index in [1.165, 1.54) is 5.75 Å². The van der Waals surface area contributed by atoms with E-state index in [1.807, 2.05) is 24.8 Å². The van der Waals surface area contributed by atoms with Crippen LogP contribution in [0, 0.1) is 0 Å². The number of ketones is 1. The monoisotopic (exact) mass is 201 g/mol. The number of nitrogens with one attached hydrogen (secondary N) is 1. The molecule has 0 bridgehead atoms. The van der Waals surface area contributed by atoms with Crippen LogP contribution in [0.5, 0.6) is 0 Å². The van der Waals surface area contributed by atoms with Crippen LogP contribution in [-0.4, -0.2) is 30.4 Å². The predicted molar refractivity (Wildman–Crippen MR) is 60.3 cm³/mol. The quantitative estimate of drug-likeness (QED) is 0.480. The summed E-state index contributed by atoms with van der Waals surface area (Å²) in [6.45, 7) is 5.85. The second-order valence-corrected chi connectivity index (χ2v) is 4.02. The zero-order valence-electron chi connectivity index (χ0n) is 8.51. The van der Waals surface area contributed by atoms with E-state index in [-0.39, 0.29) is 5.78 Å². The average molecular weight is 201 g/mol. The zero-order valence-corrected chi connectivity index (χ0v) is 9.32. The van der Waals surface area contributed by atoms with Gasteiger partial charge in [-0.25, -0.2) is 0 Å². The minimum absolute atomic E-state index is 0.199. The van der Waals surface area contributed by atoms with Gasteiger partial charge in [0, 0.05) is 25.3 Å². The third kappa shape index (κ3) is 9.64. The Kier molecular flexibility index (Phi) is 9.59. The number of hydrogen-bond acceptors (Lipinski definition) is 3. The molecule has 0 aliphatic heterocycles. The Labute approximate surface area is 85.2 Å². The molecule has 0 aromatic carbocycles. The normalized spacial score (nSPS) is 10.9. The van der Waals surface area contributed by atoms with Crippen LogP contribution in [-0.2, 0) is 4.79 Å². The second kappa shape index (κ2) is 9.81. The van der Waals surface area contributed by atoms with E-state index in [9.17, 15) is 4.79 Å². The molecule has 0 saturated carbocycles. The first-order chi connectivity index (χ1) is 6.31. The van der Waals surface area contributed by atoms with Crippen molar-refractivity contribution in [1.29, 1.82) is 0 Å². The summed E-state index contributed by atoms with van der Waals surface area (Å²) < 4.78 is 0. The molecule has 0 aliphatic rings. The van der Waals surface area contributed by atoms with Crippen LogP contribution in [0.3, 0.4) is 0 Å². The summed E-state index contributed by atoms with van der Waals surface area (Å²) in [4.78, 5) is 10.8. The maximum atomic E-state index is 10.8. The van der Waals surface area contributed by atoms with Gasteiger partial charge in [-0.2, -0.15) is 11.8 Å². The minimum atomic E-state index is 0.199. The molecule has 0 radical (unpaired) electrons. The molecule has 0 saturated heterocycles. The van der Waals surface area contributed by atoms with Crippen molar-refractivity contribution >= 4 is 17.5 Å². The van der Waals surface area contributed by atoms with Crippen molar-refractivity contribution in [3.05, 3.63) is 12.2 Å². The SMILES string of the molecule is CCSCCNC/C=C/C(=O)CC.